The van der Waals surface area contributed by atoms with Crippen LogP contribution in [0.15, 0.2) is 69.6 Å². The summed E-state index contributed by atoms with van der Waals surface area (Å²) < 4.78 is 49.4. The van der Waals surface area contributed by atoms with E-state index in [0.29, 0.717) is 46.4 Å². The number of hydrogen-bond donors (Lipinski definition) is 2. The first-order valence-corrected chi connectivity index (χ1v) is 14.5. The second kappa shape index (κ2) is 10.3. The molecule has 4 aromatic rings. The van der Waals surface area contributed by atoms with E-state index in [4.69, 9.17) is 4.42 Å². The predicted octanol–water partition coefficient (Wildman–Crippen LogP) is 6.61. The molecule has 1 aliphatic rings. The summed E-state index contributed by atoms with van der Waals surface area (Å²) in [6, 6.07) is 17.1. The molecule has 192 valence electrons. The molecule has 3 aromatic carbocycles. The molecule has 1 aromatic heterocycles. The van der Waals surface area contributed by atoms with Crippen molar-refractivity contribution in [1.82, 2.24) is 5.32 Å². The predicted molar refractivity (Wildman–Crippen MR) is 147 cm³/mol. The van der Waals surface area contributed by atoms with Crippen LogP contribution in [0.2, 0.25) is 0 Å². The SMILES string of the molecule is CNC(=O)c1c(-c2ccc(F)cc2)oc2cc(NS(=O)(=O)CCCc3cccc(Br)c3)c(C3CC3)cc12. The number of halogens is 2. The normalized spacial score (nSPS) is 13.6. The Balaban J connectivity index is 1.47. The van der Waals surface area contributed by atoms with Crippen LogP contribution < -0.4 is 10.0 Å². The molecule has 0 spiro atoms. The van der Waals surface area contributed by atoms with Gasteiger partial charge in [0, 0.05) is 28.5 Å². The van der Waals surface area contributed by atoms with Gasteiger partial charge in [0.25, 0.3) is 5.91 Å². The van der Waals surface area contributed by atoms with E-state index in [1.807, 2.05) is 30.3 Å². The van der Waals surface area contributed by atoms with Gasteiger partial charge in [0.05, 0.1) is 17.0 Å². The van der Waals surface area contributed by atoms with Crippen LogP contribution in [0.5, 0.6) is 0 Å². The quantitative estimate of drug-likeness (QED) is 0.231. The van der Waals surface area contributed by atoms with Gasteiger partial charge in [-0.15, -0.1) is 0 Å². The van der Waals surface area contributed by atoms with Gasteiger partial charge in [-0.2, -0.15) is 0 Å². The molecule has 0 bridgehead atoms. The molecule has 1 fully saturated rings. The number of furan rings is 1. The number of nitrogens with one attached hydrogen (secondary N) is 2. The van der Waals surface area contributed by atoms with Crippen molar-refractivity contribution < 1.29 is 22.0 Å². The van der Waals surface area contributed by atoms with E-state index in [1.165, 1.54) is 19.2 Å². The zero-order chi connectivity index (χ0) is 26.2. The third-order valence-electron chi connectivity index (χ3n) is 6.47. The zero-order valence-electron chi connectivity index (χ0n) is 20.2. The molecule has 0 saturated heterocycles. The second-order valence-corrected chi connectivity index (χ2v) is 12.0. The van der Waals surface area contributed by atoms with Crippen molar-refractivity contribution in [2.45, 2.75) is 31.6 Å². The molecular formula is C28H26BrFN2O4S. The fourth-order valence-corrected chi connectivity index (χ4v) is 6.10. The maximum atomic E-state index is 13.5. The Kier molecular flexibility index (Phi) is 7.09. The van der Waals surface area contributed by atoms with Crippen LogP contribution in [0.3, 0.4) is 0 Å². The minimum Gasteiger partial charge on any atom is -0.455 e. The lowest BCUT2D eigenvalue weighted by atomic mass is 10.0. The lowest BCUT2D eigenvalue weighted by Crippen LogP contribution is -2.19. The molecule has 1 amide bonds. The van der Waals surface area contributed by atoms with Gasteiger partial charge in [-0.1, -0.05) is 28.1 Å². The molecule has 1 saturated carbocycles. The van der Waals surface area contributed by atoms with E-state index in [1.54, 1.807) is 18.2 Å². The Morgan fingerprint density at radius 3 is 2.54 bits per heavy atom. The van der Waals surface area contributed by atoms with Gasteiger partial charge in [-0.05, 0) is 85.2 Å². The van der Waals surface area contributed by atoms with E-state index in [9.17, 15) is 17.6 Å². The van der Waals surface area contributed by atoms with Crippen molar-refractivity contribution in [2.24, 2.45) is 0 Å². The monoisotopic (exact) mass is 584 g/mol. The average Bonchev–Trinajstić information content (AvgIpc) is 3.64. The number of amides is 1. The maximum Gasteiger partial charge on any atom is 0.255 e. The largest absolute Gasteiger partial charge is 0.455 e. The molecule has 6 nitrogen and oxygen atoms in total. The maximum absolute atomic E-state index is 13.5. The fourth-order valence-electron chi connectivity index (χ4n) is 4.51. The number of sulfonamides is 1. The molecule has 0 unspecified atom stereocenters. The summed E-state index contributed by atoms with van der Waals surface area (Å²) in [7, 11) is -2.08. The van der Waals surface area contributed by atoms with Gasteiger partial charge in [-0.25, -0.2) is 12.8 Å². The number of aryl methyl sites for hydroxylation is 1. The number of carbonyl (C=O) groups is 1. The van der Waals surface area contributed by atoms with Crippen LogP contribution in [-0.2, 0) is 16.4 Å². The molecule has 0 radical (unpaired) electrons. The van der Waals surface area contributed by atoms with Crippen LogP contribution in [0.4, 0.5) is 10.1 Å². The highest BCUT2D eigenvalue weighted by Gasteiger charge is 2.30. The molecule has 2 N–H and O–H groups in total. The summed E-state index contributed by atoms with van der Waals surface area (Å²) in [5, 5.41) is 3.25. The van der Waals surface area contributed by atoms with Gasteiger partial charge in [0.2, 0.25) is 10.0 Å². The summed E-state index contributed by atoms with van der Waals surface area (Å²) in [6.45, 7) is 0. The van der Waals surface area contributed by atoms with E-state index in [2.05, 4.69) is 26.0 Å². The zero-order valence-corrected chi connectivity index (χ0v) is 22.6. The number of hydrogen-bond acceptors (Lipinski definition) is 4. The van der Waals surface area contributed by atoms with Gasteiger partial charge >= 0.3 is 0 Å². The highest BCUT2D eigenvalue weighted by atomic mass is 79.9. The number of carbonyl (C=O) groups excluding carboxylic acids is 1. The fraction of sp³-hybridized carbons (Fsp3) is 0.250. The van der Waals surface area contributed by atoms with Crippen LogP contribution in [0, 0.1) is 5.82 Å². The Labute approximate surface area is 223 Å². The van der Waals surface area contributed by atoms with Gasteiger partial charge < -0.3 is 9.73 Å². The van der Waals surface area contributed by atoms with E-state index >= 15 is 0 Å². The van der Waals surface area contributed by atoms with Gasteiger partial charge in [0.15, 0.2) is 0 Å². The molecule has 1 heterocycles. The van der Waals surface area contributed by atoms with Crippen LogP contribution >= 0.6 is 15.9 Å². The lowest BCUT2D eigenvalue weighted by molar-refractivity contribution is 0.0964. The Morgan fingerprint density at radius 2 is 1.86 bits per heavy atom. The Hall–Kier alpha value is -3.17. The number of fused-ring (bicyclic) bond motifs is 1. The third-order valence-corrected chi connectivity index (χ3v) is 8.32. The molecular weight excluding hydrogens is 559 g/mol. The van der Waals surface area contributed by atoms with Crippen molar-refractivity contribution in [1.29, 1.82) is 0 Å². The second-order valence-electron chi connectivity index (χ2n) is 9.26. The lowest BCUT2D eigenvalue weighted by Gasteiger charge is -2.13. The Bertz CT molecular complexity index is 1580. The van der Waals surface area contributed by atoms with Crippen molar-refractivity contribution >= 4 is 48.5 Å². The minimum absolute atomic E-state index is 0.0237. The topological polar surface area (TPSA) is 88.4 Å². The number of rotatable bonds is 9. The van der Waals surface area contributed by atoms with Crippen molar-refractivity contribution in [3.63, 3.8) is 0 Å². The number of benzene rings is 3. The summed E-state index contributed by atoms with van der Waals surface area (Å²) in [5.41, 5.74) is 3.66. The molecule has 0 atom stereocenters. The molecule has 5 rings (SSSR count). The van der Waals surface area contributed by atoms with Crippen molar-refractivity contribution in [3.8, 4) is 11.3 Å². The van der Waals surface area contributed by atoms with Gasteiger partial charge in [-0.3, -0.25) is 9.52 Å². The molecule has 1 aliphatic carbocycles. The third kappa shape index (κ3) is 5.72. The van der Waals surface area contributed by atoms with Crippen LogP contribution in [0.25, 0.3) is 22.3 Å². The van der Waals surface area contributed by atoms with E-state index in [0.717, 1.165) is 28.4 Å². The molecule has 0 aliphatic heterocycles. The molecule has 37 heavy (non-hydrogen) atoms. The summed E-state index contributed by atoms with van der Waals surface area (Å²) in [6.07, 6.45) is 3.01. The summed E-state index contributed by atoms with van der Waals surface area (Å²) in [5.74, 6) is -0.227. The first-order valence-electron chi connectivity index (χ1n) is 12.1. The first-order chi connectivity index (χ1) is 17.7. The van der Waals surface area contributed by atoms with Crippen LogP contribution in [-0.4, -0.2) is 27.1 Å². The minimum atomic E-state index is -3.62. The van der Waals surface area contributed by atoms with Crippen LogP contribution in [0.1, 0.15) is 46.7 Å². The highest BCUT2D eigenvalue weighted by Crippen LogP contribution is 2.46. The summed E-state index contributed by atoms with van der Waals surface area (Å²) >= 11 is 3.44. The average molecular weight is 585 g/mol. The standard InChI is InChI=1S/C28H26BrFN2O4S/c1-31-28(33)26-23-15-22(18-7-8-18)24(16-25(23)36-27(26)19-9-11-21(30)12-10-19)32-37(34,35)13-3-5-17-4-2-6-20(29)14-17/h2,4,6,9-12,14-16,18,32H,3,5,7-8,13H2,1H3,(H,31,33). The van der Waals surface area contributed by atoms with Gasteiger partial charge in [0.1, 0.15) is 17.2 Å². The molecule has 9 heteroatoms. The summed E-state index contributed by atoms with van der Waals surface area (Å²) in [4.78, 5) is 12.9. The smallest absolute Gasteiger partial charge is 0.255 e. The first kappa shape index (κ1) is 25.5. The van der Waals surface area contributed by atoms with Crippen molar-refractivity contribution in [2.75, 3.05) is 17.5 Å². The number of anilines is 1. The Morgan fingerprint density at radius 1 is 1.11 bits per heavy atom. The van der Waals surface area contributed by atoms with E-state index in [-0.39, 0.29) is 17.6 Å². The highest BCUT2D eigenvalue weighted by molar-refractivity contribution is 9.10. The van der Waals surface area contributed by atoms with E-state index < -0.39 is 15.8 Å². The van der Waals surface area contributed by atoms with Crippen molar-refractivity contribution in [3.05, 3.63) is 87.6 Å².